The SMILES string of the molecule is N#Cc1ccnc(-c2ccc3oc([C@@]4(F)CCCN(C(=O)O)C4)nc3c2)n1. The highest BCUT2D eigenvalue weighted by Gasteiger charge is 2.43. The van der Waals surface area contributed by atoms with Crippen LogP contribution in [-0.2, 0) is 5.67 Å². The number of likely N-dealkylation sites (tertiary alicyclic amines) is 1. The van der Waals surface area contributed by atoms with E-state index in [4.69, 9.17) is 14.8 Å². The molecule has 0 saturated carbocycles. The number of nitriles is 1. The smallest absolute Gasteiger partial charge is 0.407 e. The molecule has 27 heavy (non-hydrogen) atoms. The quantitative estimate of drug-likeness (QED) is 0.740. The number of amides is 1. The van der Waals surface area contributed by atoms with E-state index in [0.717, 1.165) is 4.90 Å². The fraction of sp³-hybridized carbons (Fsp3) is 0.278. The van der Waals surface area contributed by atoms with Gasteiger partial charge >= 0.3 is 6.09 Å². The Labute approximate surface area is 152 Å². The van der Waals surface area contributed by atoms with E-state index >= 15 is 4.39 Å². The van der Waals surface area contributed by atoms with Crippen LogP contribution in [0, 0.1) is 11.3 Å². The molecule has 0 aliphatic carbocycles. The third-order valence-electron chi connectivity index (χ3n) is 4.51. The van der Waals surface area contributed by atoms with Crippen LogP contribution in [-0.4, -0.2) is 44.1 Å². The number of alkyl halides is 1. The summed E-state index contributed by atoms with van der Waals surface area (Å²) in [5.74, 6) is 0.220. The molecule has 0 spiro atoms. The maximum atomic E-state index is 15.4. The highest BCUT2D eigenvalue weighted by Crippen LogP contribution is 2.37. The largest absolute Gasteiger partial charge is 0.465 e. The molecular formula is C18H14FN5O3. The topological polar surface area (TPSA) is 116 Å². The molecule has 8 nitrogen and oxygen atoms in total. The van der Waals surface area contributed by atoms with Crippen LogP contribution in [0.4, 0.5) is 9.18 Å². The normalized spacial score (nSPS) is 19.8. The minimum absolute atomic E-state index is 0.132. The lowest BCUT2D eigenvalue weighted by molar-refractivity contribution is 0.0248. The molecule has 1 saturated heterocycles. The summed E-state index contributed by atoms with van der Waals surface area (Å²) in [5, 5.41) is 18.1. The highest BCUT2D eigenvalue weighted by molar-refractivity contribution is 5.78. The van der Waals surface area contributed by atoms with Gasteiger partial charge in [-0.15, -0.1) is 0 Å². The lowest BCUT2D eigenvalue weighted by Crippen LogP contribution is -2.46. The van der Waals surface area contributed by atoms with Crippen LogP contribution in [0.2, 0.25) is 0 Å². The number of nitrogens with zero attached hydrogens (tertiary/aromatic N) is 5. The molecule has 1 N–H and O–H groups in total. The zero-order valence-electron chi connectivity index (χ0n) is 14.1. The molecule has 0 radical (unpaired) electrons. The zero-order valence-corrected chi connectivity index (χ0v) is 14.1. The van der Waals surface area contributed by atoms with Crippen molar-refractivity contribution in [2.45, 2.75) is 18.5 Å². The van der Waals surface area contributed by atoms with Crippen molar-refractivity contribution in [1.82, 2.24) is 19.9 Å². The van der Waals surface area contributed by atoms with Crippen LogP contribution in [0.1, 0.15) is 24.4 Å². The Morgan fingerprint density at radius 1 is 1.37 bits per heavy atom. The molecule has 136 valence electrons. The van der Waals surface area contributed by atoms with E-state index in [1.807, 2.05) is 6.07 Å². The van der Waals surface area contributed by atoms with Gasteiger partial charge in [-0.3, -0.25) is 0 Å². The standard InChI is InChI=1S/C18H14FN5O3/c19-18(5-1-7-24(10-18)17(25)26)16-23-13-8-11(2-3-14(13)27-16)15-21-6-4-12(9-20)22-15/h2-4,6,8H,1,5,7,10H2,(H,25,26)/t18-/m1/s1. The molecule has 0 bridgehead atoms. The van der Waals surface area contributed by atoms with Crippen LogP contribution < -0.4 is 0 Å². The van der Waals surface area contributed by atoms with E-state index in [1.54, 1.807) is 18.2 Å². The van der Waals surface area contributed by atoms with Gasteiger partial charge < -0.3 is 14.4 Å². The number of oxazole rings is 1. The van der Waals surface area contributed by atoms with E-state index in [-0.39, 0.29) is 31.1 Å². The number of aromatic nitrogens is 3. The van der Waals surface area contributed by atoms with E-state index in [1.165, 1.54) is 12.3 Å². The molecule has 3 heterocycles. The molecule has 1 fully saturated rings. The average Bonchev–Trinajstić information content (AvgIpc) is 3.12. The van der Waals surface area contributed by atoms with Crippen molar-refractivity contribution < 1.29 is 18.7 Å². The van der Waals surface area contributed by atoms with Crippen LogP contribution in [0.25, 0.3) is 22.5 Å². The van der Waals surface area contributed by atoms with Gasteiger partial charge in [0.2, 0.25) is 11.6 Å². The van der Waals surface area contributed by atoms with Crippen LogP contribution in [0.15, 0.2) is 34.9 Å². The molecule has 1 aromatic carbocycles. The minimum atomic E-state index is -1.97. The number of carbonyl (C=O) groups is 1. The van der Waals surface area contributed by atoms with Gasteiger partial charge in [0.05, 0.1) is 6.54 Å². The van der Waals surface area contributed by atoms with Gasteiger partial charge in [-0.05, 0) is 37.1 Å². The molecule has 4 rings (SSSR count). The van der Waals surface area contributed by atoms with Crippen molar-refractivity contribution in [1.29, 1.82) is 5.26 Å². The van der Waals surface area contributed by atoms with E-state index in [2.05, 4.69) is 15.0 Å². The fourth-order valence-corrected chi connectivity index (χ4v) is 3.17. The van der Waals surface area contributed by atoms with Gasteiger partial charge in [0.1, 0.15) is 17.3 Å². The molecule has 3 aromatic rings. The first kappa shape index (κ1) is 16.9. The first-order valence-corrected chi connectivity index (χ1v) is 8.30. The summed E-state index contributed by atoms with van der Waals surface area (Å²) < 4.78 is 20.9. The summed E-state index contributed by atoms with van der Waals surface area (Å²) in [5.41, 5.74) is -0.317. The summed E-state index contributed by atoms with van der Waals surface area (Å²) in [6.45, 7) is -0.0205. The monoisotopic (exact) mass is 367 g/mol. The second-order valence-corrected chi connectivity index (χ2v) is 6.35. The average molecular weight is 367 g/mol. The van der Waals surface area contributed by atoms with Crippen molar-refractivity contribution in [3.8, 4) is 17.5 Å². The van der Waals surface area contributed by atoms with Crippen molar-refractivity contribution in [3.63, 3.8) is 0 Å². The summed E-state index contributed by atoms with van der Waals surface area (Å²) in [6.07, 6.45) is 0.855. The molecule has 0 unspecified atom stereocenters. The summed E-state index contributed by atoms with van der Waals surface area (Å²) in [4.78, 5) is 24.7. The zero-order chi connectivity index (χ0) is 19.0. The predicted octanol–water partition coefficient (Wildman–Crippen LogP) is 3.10. The Kier molecular flexibility index (Phi) is 3.96. The first-order valence-electron chi connectivity index (χ1n) is 8.30. The molecule has 1 aliphatic heterocycles. The summed E-state index contributed by atoms with van der Waals surface area (Å²) >= 11 is 0. The van der Waals surface area contributed by atoms with Gasteiger partial charge in [0, 0.05) is 18.3 Å². The number of carboxylic acid groups (broad SMARTS) is 1. The molecule has 1 amide bonds. The first-order chi connectivity index (χ1) is 13.0. The van der Waals surface area contributed by atoms with Crippen molar-refractivity contribution in [2.75, 3.05) is 13.1 Å². The number of rotatable bonds is 2. The lowest BCUT2D eigenvalue weighted by Gasteiger charge is -2.33. The van der Waals surface area contributed by atoms with Crippen molar-refractivity contribution in [3.05, 3.63) is 42.0 Å². The number of fused-ring (bicyclic) bond motifs is 1. The molecule has 9 heteroatoms. The van der Waals surface area contributed by atoms with Gasteiger partial charge in [0.15, 0.2) is 11.4 Å². The summed E-state index contributed by atoms with van der Waals surface area (Å²) in [6, 6.07) is 8.43. The summed E-state index contributed by atoms with van der Waals surface area (Å²) in [7, 11) is 0. The van der Waals surface area contributed by atoms with Gasteiger partial charge in [0.25, 0.3) is 0 Å². The Hall–Kier alpha value is -3.54. The predicted molar refractivity (Wildman–Crippen MR) is 91.4 cm³/mol. The van der Waals surface area contributed by atoms with E-state index < -0.39 is 11.8 Å². The number of benzene rings is 1. The number of hydrogen-bond donors (Lipinski definition) is 1. The number of piperidine rings is 1. The van der Waals surface area contributed by atoms with Crippen molar-refractivity contribution in [2.24, 2.45) is 0 Å². The molecule has 1 aliphatic rings. The maximum Gasteiger partial charge on any atom is 0.407 e. The van der Waals surface area contributed by atoms with E-state index in [9.17, 15) is 4.79 Å². The lowest BCUT2D eigenvalue weighted by atomic mass is 9.95. The van der Waals surface area contributed by atoms with Crippen LogP contribution >= 0.6 is 0 Å². The Morgan fingerprint density at radius 3 is 3.00 bits per heavy atom. The molecular weight excluding hydrogens is 353 g/mol. The second-order valence-electron chi connectivity index (χ2n) is 6.35. The second kappa shape index (κ2) is 6.32. The Balaban J connectivity index is 1.70. The van der Waals surface area contributed by atoms with Gasteiger partial charge in [-0.1, -0.05) is 0 Å². The van der Waals surface area contributed by atoms with Crippen LogP contribution in [0.3, 0.4) is 0 Å². The van der Waals surface area contributed by atoms with Crippen LogP contribution in [0.5, 0.6) is 0 Å². The fourth-order valence-electron chi connectivity index (χ4n) is 3.17. The molecule has 2 aromatic heterocycles. The Bertz CT molecular complexity index is 1080. The third-order valence-corrected chi connectivity index (χ3v) is 4.51. The maximum absolute atomic E-state index is 15.4. The minimum Gasteiger partial charge on any atom is -0.465 e. The highest BCUT2D eigenvalue weighted by atomic mass is 19.1. The number of hydrogen-bond acceptors (Lipinski definition) is 6. The van der Waals surface area contributed by atoms with Gasteiger partial charge in [-0.2, -0.15) is 5.26 Å². The molecule has 1 atom stereocenters. The van der Waals surface area contributed by atoms with E-state index in [0.29, 0.717) is 28.9 Å². The van der Waals surface area contributed by atoms with Gasteiger partial charge in [-0.25, -0.2) is 24.1 Å². The van der Waals surface area contributed by atoms with Crippen molar-refractivity contribution >= 4 is 17.2 Å². The third kappa shape index (κ3) is 3.06. The Morgan fingerprint density at radius 2 is 2.22 bits per heavy atom. The number of halogens is 1.